The third kappa shape index (κ3) is 6.15. The predicted molar refractivity (Wildman–Crippen MR) is 131 cm³/mol. The molecule has 0 amide bonds. The van der Waals surface area contributed by atoms with E-state index in [-0.39, 0.29) is 13.1 Å². The summed E-state index contributed by atoms with van der Waals surface area (Å²) in [5, 5.41) is 11.4. The molecule has 0 bridgehead atoms. The fourth-order valence-electron chi connectivity index (χ4n) is 3.40. The summed E-state index contributed by atoms with van der Waals surface area (Å²) in [5.74, 6) is 1.43. The average molecular weight is 519 g/mol. The molecule has 0 atom stereocenters. The van der Waals surface area contributed by atoms with Crippen molar-refractivity contribution in [1.29, 1.82) is 0 Å². The minimum Gasteiger partial charge on any atom is -0.497 e. The Labute approximate surface area is 209 Å². The van der Waals surface area contributed by atoms with E-state index in [1.165, 1.54) is 46.6 Å². The quantitative estimate of drug-likeness (QED) is 0.259. The summed E-state index contributed by atoms with van der Waals surface area (Å²) in [6.45, 7) is -0.351. The first-order valence-corrected chi connectivity index (χ1v) is 11.9. The Bertz CT molecular complexity index is 1270. The number of methoxy groups -OCH3 is 4. The molecule has 0 saturated heterocycles. The van der Waals surface area contributed by atoms with Gasteiger partial charge in [-0.15, -0.1) is 0 Å². The number of rotatable bonds is 12. The molecule has 192 valence electrons. The number of nitro groups is 1. The van der Waals surface area contributed by atoms with Gasteiger partial charge in [0.1, 0.15) is 23.0 Å². The second-order valence-electron chi connectivity index (χ2n) is 7.39. The van der Waals surface area contributed by atoms with Crippen LogP contribution in [0.4, 0.5) is 5.69 Å². The van der Waals surface area contributed by atoms with E-state index in [4.69, 9.17) is 23.1 Å². The molecule has 11 nitrogen and oxygen atoms in total. The largest absolute Gasteiger partial charge is 0.497 e. The van der Waals surface area contributed by atoms with Crippen LogP contribution < -0.4 is 23.1 Å². The van der Waals surface area contributed by atoms with Crippen LogP contribution in [0.5, 0.6) is 28.7 Å². The fourth-order valence-corrected chi connectivity index (χ4v) is 4.47. The number of ether oxygens (including phenoxy) is 4. The highest BCUT2D eigenvalue weighted by Gasteiger charge is 2.30. The van der Waals surface area contributed by atoms with Gasteiger partial charge in [0.2, 0.25) is 5.75 Å². The highest BCUT2D eigenvalue weighted by molar-refractivity contribution is 7.84. The summed E-state index contributed by atoms with van der Waals surface area (Å²) in [5.41, 5.74) is 0.547. The molecule has 0 aromatic heterocycles. The molecule has 0 fully saturated rings. The minimum absolute atomic E-state index is 0.175. The minimum atomic E-state index is -4.55. The molecule has 0 aliphatic heterocycles. The van der Waals surface area contributed by atoms with Crippen molar-refractivity contribution in [2.24, 2.45) is 0 Å². The van der Waals surface area contributed by atoms with Gasteiger partial charge in [-0.25, -0.2) is 0 Å². The summed E-state index contributed by atoms with van der Waals surface area (Å²) in [6, 6.07) is 15.1. The number of nitrogens with zero attached hydrogens (tertiary/aromatic N) is 2. The summed E-state index contributed by atoms with van der Waals surface area (Å²) >= 11 is 0. The van der Waals surface area contributed by atoms with Crippen molar-refractivity contribution in [3.8, 4) is 28.7 Å². The van der Waals surface area contributed by atoms with Crippen molar-refractivity contribution in [2.45, 2.75) is 13.1 Å². The predicted octanol–water partition coefficient (Wildman–Crippen LogP) is 3.96. The second-order valence-corrected chi connectivity index (χ2v) is 8.93. The van der Waals surface area contributed by atoms with Crippen LogP contribution in [0.15, 0.2) is 60.7 Å². The zero-order valence-electron chi connectivity index (χ0n) is 20.2. The SMILES string of the molecule is COc1ccc(CN(Cc2ccc(OC)cc2OC)S(=O)(=O)Oc2ccccc2[N+](=O)[O-])c(OC)c1. The maximum absolute atomic E-state index is 13.5. The van der Waals surface area contributed by atoms with E-state index in [1.54, 1.807) is 36.4 Å². The zero-order valence-corrected chi connectivity index (χ0v) is 21.0. The summed E-state index contributed by atoms with van der Waals surface area (Å²) in [6.07, 6.45) is 0. The normalized spacial score (nSPS) is 11.1. The maximum Gasteiger partial charge on any atom is 0.386 e. The van der Waals surface area contributed by atoms with Gasteiger partial charge in [-0.1, -0.05) is 24.3 Å². The molecule has 0 aliphatic rings. The van der Waals surface area contributed by atoms with Crippen molar-refractivity contribution in [2.75, 3.05) is 28.4 Å². The third-order valence-corrected chi connectivity index (χ3v) is 6.54. The molecule has 0 N–H and O–H groups in total. The molecule has 0 saturated carbocycles. The molecule has 3 aromatic carbocycles. The van der Waals surface area contributed by atoms with E-state index in [1.807, 2.05) is 0 Å². The Morgan fingerprint density at radius 1 is 0.750 bits per heavy atom. The Morgan fingerprint density at radius 2 is 1.25 bits per heavy atom. The lowest BCUT2D eigenvalue weighted by Crippen LogP contribution is -2.34. The molecule has 0 aliphatic carbocycles. The third-order valence-electron chi connectivity index (χ3n) is 5.26. The van der Waals surface area contributed by atoms with Crippen LogP contribution in [0.1, 0.15) is 11.1 Å². The van der Waals surface area contributed by atoms with Crippen molar-refractivity contribution < 1.29 is 36.5 Å². The van der Waals surface area contributed by atoms with Crippen LogP contribution in [0.25, 0.3) is 0 Å². The van der Waals surface area contributed by atoms with Gasteiger partial charge in [0.15, 0.2) is 0 Å². The molecule has 3 rings (SSSR count). The van der Waals surface area contributed by atoms with Gasteiger partial charge >= 0.3 is 16.0 Å². The van der Waals surface area contributed by atoms with Crippen molar-refractivity contribution >= 4 is 16.0 Å². The van der Waals surface area contributed by atoms with Crippen LogP contribution in [0.2, 0.25) is 0 Å². The molecule has 12 heteroatoms. The number of benzene rings is 3. The van der Waals surface area contributed by atoms with E-state index in [9.17, 15) is 18.5 Å². The van der Waals surface area contributed by atoms with Gasteiger partial charge in [0.25, 0.3) is 0 Å². The average Bonchev–Trinajstić information content (AvgIpc) is 2.88. The smallest absolute Gasteiger partial charge is 0.386 e. The lowest BCUT2D eigenvalue weighted by atomic mass is 10.1. The monoisotopic (exact) mass is 518 g/mol. The van der Waals surface area contributed by atoms with Gasteiger partial charge in [-0.2, -0.15) is 12.7 Å². The Balaban J connectivity index is 2.05. The fraction of sp³-hybridized carbons (Fsp3) is 0.250. The molecule has 0 heterocycles. The standard InChI is InChI=1S/C24H26N2O9S/c1-31-19-11-9-17(23(13-19)33-3)15-25(16-18-10-12-20(32-2)14-24(18)34-4)36(29,30)35-22-8-6-5-7-21(22)26(27)28/h5-14H,15-16H2,1-4H3. The number of hydrogen-bond acceptors (Lipinski definition) is 9. The van der Waals surface area contributed by atoms with Gasteiger partial charge in [0, 0.05) is 42.4 Å². The van der Waals surface area contributed by atoms with Crippen LogP contribution in [-0.2, 0) is 23.4 Å². The van der Waals surface area contributed by atoms with Crippen LogP contribution >= 0.6 is 0 Å². The Kier molecular flexibility index (Phi) is 8.56. The second kappa shape index (κ2) is 11.6. The Hall–Kier alpha value is -4.03. The van der Waals surface area contributed by atoms with E-state index < -0.39 is 26.7 Å². The van der Waals surface area contributed by atoms with E-state index >= 15 is 0 Å². The topological polar surface area (TPSA) is 127 Å². The van der Waals surface area contributed by atoms with Gasteiger partial charge in [0.05, 0.1) is 33.4 Å². The number of para-hydroxylation sites is 2. The van der Waals surface area contributed by atoms with Gasteiger partial charge < -0.3 is 23.1 Å². The maximum atomic E-state index is 13.5. The first-order chi connectivity index (χ1) is 17.2. The van der Waals surface area contributed by atoms with Crippen LogP contribution in [-0.4, -0.2) is 46.1 Å². The lowest BCUT2D eigenvalue weighted by Gasteiger charge is -2.24. The number of nitro benzene ring substituents is 1. The first kappa shape index (κ1) is 26.6. The summed E-state index contributed by atoms with van der Waals surface area (Å²) in [4.78, 5) is 10.7. The summed E-state index contributed by atoms with van der Waals surface area (Å²) in [7, 11) is 1.35. The van der Waals surface area contributed by atoms with Crippen molar-refractivity contribution in [3.05, 3.63) is 81.9 Å². The van der Waals surface area contributed by atoms with Crippen LogP contribution in [0, 0.1) is 10.1 Å². The molecular formula is C24H26N2O9S. The lowest BCUT2D eigenvalue weighted by molar-refractivity contribution is -0.385. The van der Waals surface area contributed by atoms with Crippen LogP contribution in [0.3, 0.4) is 0 Å². The van der Waals surface area contributed by atoms with E-state index in [0.717, 1.165) is 10.4 Å². The summed E-state index contributed by atoms with van der Waals surface area (Å²) < 4.78 is 54.5. The van der Waals surface area contributed by atoms with E-state index in [2.05, 4.69) is 0 Å². The highest BCUT2D eigenvalue weighted by Crippen LogP contribution is 2.33. The van der Waals surface area contributed by atoms with Crippen molar-refractivity contribution in [1.82, 2.24) is 4.31 Å². The molecule has 0 radical (unpaired) electrons. The van der Waals surface area contributed by atoms with E-state index in [0.29, 0.717) is 34.1 Å². The zero-order chi connectivity index (χ0) is 26.3. The molecule has 3 aromatic rings. The van der Waals surface area contributed by atoms with Gasteiger partial charge in [-0.05, 0) is 18.2 Å². The molecule has 0 unspecified atom stereocenters. The molecule has 0 spiro atoms. The first-order valence-electron chi connectivity index (χ1n) is 10.6. The molecular weight excluding hydrogens is 492 g/mol. The molecule has 36 heavy (non-hydrogen) atoms. The highest BCUT2D eigenvalue weighted by atomic mass is 32.2. The van der Waals surface area contributed by atoms with Crippen molar-refractivity contribution in [3.63, 3.8) is 0 Å². The Morgan fingerprint density at radius 3 is 1.69 bits per heavy atom. The van der Waals surface area contributed by atoms with Gasteiger partial charge in [-0.3, -0.25) is 10.1 Å². The number of hydrogen-bond donors (Lipinski definition) is 0.